The largest absolute Gasteiger partial charge is 0.508 e. The maximum absolute atomic E-state index is 12.4. The van der Waals surface area contributed by atoms with Crippen molar-refractivity contribution in [1.82, 2.24) is 10.6 Å². The van der Waals surface area contributed by atoms with Crippen LogP contribution in [0.2, 0.25) is 0 Å². The summed E-state index contributed by atoms with van der Waals surface area (Å²) in [6, 6.07) is 12.8. The molecule has 2 aromatic carbocycles. The number of hydrogen-bond donors (Lipinski definition) is 5. The smallest absolute Gasteiger partial charge is 0.242 e. The first-order chi connectivity index (χ1) is 13.8. The number of phenolic OH excluding ortho intramolecular Hbond substituents is 1. The highest BCUT2D eigenvalue weighted by Crippen LogP contribution is 2.11. The fraction of sp³-hybridized carbons (Fsp3) is 0.286. The predicted molar refractivity (Wildman–Crippen MR) is 109 cm³/mol. The van der Waals surface area contributed by atoms with Gasteiger partial charge >= 0.3 is 0 Å². The molecule has 2 rings (SSSR count). The average Bonchev–Trinajstić information content (AvgIpc) is 2.69. The summed E-state index contributed by atoms with van der Waals surface area (Å²) in [5.74, 6) is -1.57. The van der Waals surface area contributed by atoms with Crippen molar-refractivity contribution in [3.8, 4) is 5.75 Å². The van der Waals surface area contributed by atoms with Gasteiger partial charge < -0.3 is 27.2 Å². The van der Waals surface area contributed by atoms with E-state index in [1.54, 1.807) is 12.1 Å². The van der Waals surface area contributed by atoms with Gasteiger partial charge in [-0.2, -0.15) is 0 Å². The molecule has 2 aromatic rings. The number of carbonyl (C=O) groups is 3. The number of carbonyl (C=O) groups excluding carboxylic acids is 3. The third-order valence-corrected chi connectivity index (χ3v) is 4.42. The summed E-state index contributed by atoms with van der Waals surface area (Å²) in [5, 5.41) is 14.4. The monoisotopic (exact) mass is 398 g/mol. The second-order valence-electron chi connectivity index (χ2n) is 6.86. The van der Waals surface area contributed by atoms with Crippen LogP contribution < -0.4 is 22.1 Å². The topological polar surface area (TPSA) is 148 Å². The summed E-state index contributed by atoms with van der Waals surface area (Å²) in [4.78, 5) is 36.4. The van der Waals surface area contributed by atoms with Gasteiger partial charge in [0.15, 0.2) is 0 Å². The minimum Gasteiger partial charge on any atom is -0.508 e. The molecule has 3 atom stereocenters. The van der Waals surface area contributed by atoms with Crippen LogP contribution in [0.1, 0.15) is 18.1 Å². The Balaban J connectivity index is 1.89. The Morgan fingerprint density at radius 1 is 0.897 bits per heavy atom. The van der Waals surface area contributed by atoms with E-state index >= 15 is 0 Å². The SMILES string of the molecule is C[C@@H](NC(=O)[C@@H](N)Cc1ccc(O)cc1)C(=O)N[C@@H](Cc1ccccc1)C(N)=O. The van der Waals surface area contributed by atoms with Crippen molar-refractivity contribution in [2.24, 2.45) is 11.5 Å². The zero-order chi connectivity index (χ0) is 21.4. The lowest BCUT2D eigenvalue weighted by Gasteiger charge is -2.21. The Labute approximate surface area is 169 Å². The van der Waals surface area contributed by atoms with Crippen LogP contribution in [-0.4, -0.2) is 41.0 Å². The lowest BCUT2D eigenvalue weighted by atomic mass is 10.0. The number of nitrogens with one attached hydrogen (secondary N) is 2. The second kappa shape index (κ2) is 10.2. The molecule has 0 aliphatic rings. The van der Waals surface area contributed by atoms with Crippen molar-refractivity contribution in [3.63, 3.8) is 0 Å². The Hall–Kier alpha value is -3.39. The fourth-order valence-electron chi connectivity index (χ4n) is 2.73. The summed E-state index contributed by atoms with van der Waals surface area (Å²) in [6.07, 6.45) is 0.501. The molecule has 3 amide bonds. The second-order valence-corrected chi connectivity index (χ2v) is 6.86. The van der Waals surface area contributed by atoms with E-state index in [4.69, 9.17) is 11.5 Å². The minimum absolute atomic E-state index is 0.122. The van der Waals surface area contributed by atoms with Crippen LogP contribution in [0.4, 0.5) is 0 Å². The first-order valence-corrected chi connectivity index (χ1v) is 9.23. The zero-order valence-corrected chi connectivity index (χ0v) is 16.2. The molecule has 154 valence electrons. The molecule has 0 saturated carbocycles. The van der Waals surface area contributed by atoms with E-state index in [0.717, 1.165) is 11.1 Å². The summed E-state index contributed by atoms with van der Waals surface area (Å²) in [6.45, 7) is 1.50. The molecule has 0 radical (unpaired) electrons. The number of amides is 3. The quantitative estimate of drug-likeness (QED) is 0.403. The van der Waals surface area contributed by atoms with Crippen LogP contribution in [0.3, 0.4) is 0 Å². The van der Waals surface area contributed by atoms with Crippen LogP contribution in [0.5, 0.6) is 5.75 Å². The minimum atomic E-state index is -0.897. The fourth-order valence-corrected chi connectivity index (χ4v) is 2.73. The predicted octanol–water partition coefficient (Wildman–Crippen LogP) is -0.0205. The molecule has 0 aromatic heterocycles. The van der Waals surface area contributed by atoms with E-state index in [2.05, 4.69) is 10.6 Å². The molecule has 8 heteroatoms. The van der Waals surface area contributed by atoms with E-state index in [1.807, 2.05) is 30.3 Å². The Morgan fingerprint density at radius 2 is 1.48 bits per heavy atom. The van der Waals surface area contributed by atoms with Crippen molar-refractivity contribution in [3.05, 3.63) is 65.7 Å². The van der Waals surface area contributed by atoms with E-state index in [1.165, 1.54) is 19.1 Å². The molecule has 7 N–H and O–H groups in total. The molecule has 0 heterocycles. The Bertz CT molecular complexity index is 840. The summed E-state index contributed by atoms with van der Waals surface area (Å²) < 4.78 is 0. The van der Waals surface area contributed by atoms with Gasteiger partial charge in [0, 0.05) is 6.42 Å². The van der Waals surface area contributed by atoms with Crippen molar-refractivity contribution < 1.29 is 19.5 Å². The van der Waals surface area contributed by atoms with Gasteiger partial charge in [-0.05, 0) is 36.6 Å². The number of phenols is 1. The van der Waals surface area contributed by atoms with E-state index < -0.39 is 35.8 Å². The number of hydrogen-bond acceptors (Lipinski definition) is 5. The molecule has 0 spiro atoms. The molecule has 8 nitrogen and oxygen atoms in total. The van der Waals surface area contributed by atoms with Gasteiger partial charge in [0.2, 0.25) is 17.7 Å². The van der Waals surface area contributed by atoms with Crippen molar-refractivity contribution >= 4 is 17.7 Å². The van der Waals surface area contributed by atoms with Gasteiger partial charge in [-0.15, -0.1) is 0 Å². The molecule has 29 heavy (non-hydrogen) atoms. The number of nitrogens with two attached hydrogens (primary N) is 2. The molecular formula is C21H26N4O4. The lowest BCUT2D eigenvalue weighted by Crippen LogP contribution is -2.55. The molecule has 0 fully saturated rings. The average molecular weight is 398 g/mol. The van der Waals surface area contributed by atoms with Gasteiger partial charge in [0.1, 0.15) is 17.8 Å². The molecule has 0 saturated heterocycles. The highest BCUT2D eigenvalue weighted by molar-refractivity contribution is 5.92. The van der Waals surface area contributed by atoms with Gasteiger partial charge in [-0.3, -0.25) is 14.4 Å². The molecular weight excluding hydrogens is 372 g/mol. The van der Waals surface area contributed by atoms with E-state index in [-0.39, 0.29) is 18.6 Å². The molecule has 0 aliphatic heterocycles. The first kappa shape index (κ1) is 21.9. The number of rotatable bonds is 9. The van der Waals surface area contributed by atoms with Crippen molar-refractivity contribution in [1.29, 1.82) is 0 Å². The molecule has 0 unspecified atom stereocenters. The van der Waals surface area contributed by atoms with E-state index in [9.17, 15) is 19.5 Å². The maximum Gasteiger partial charge on any atom is 0.242 e. The van der Waals surface area contributed by atoms with Crippen LogP contribution in [0.15, 0.2) is 54.6 Å². The summed E-state index contributed by atoms with van der Waals surface area (Å²) in [7, 11) is 0. The van der Waals surface area contributed by atoms with Gasteiger partial charge in [0.05, 0.1) is 6.04 Å². The number of benzene rings is 2. The Kier molecular flexibility index (Phi) is 7.73. The van der Waals surface area contributed by atoms with Crippen LogP contribution in [0.25, 0.3) is 0 Å². The van der Waals surface area contributed by atoms with Crippen LogP contribution in [0, 0.1) is 0 Å². The number of aromatic hydroxyl groups is 1. The highest BCUT2D eigenvalue weighted by atomic mass is 16.3. The van der Waals surface area contributed by atoms with Crippen molar-refractivity contribution in [2.75, 3.05) is 0 Å². The molecule has 0 bridgehead atoms. The summed E-state index contributed by atoms with van der Waals surface area (Å²) >= 11 is 0. The van der Waals surface area contributed by atoms with Crippen LogP contribution in [-0.2, 0) is 27.2 Å². The maximum atomic E-state index is 12.4. The third-order valence-electron chi connectivity index (χ3n) is 4.42. The Morgan fingerprint density at radius 3 is 2.07 bits per heavy atom. The highest BCUT2D eigenvalue weighted by Gasteiger charge is 2.24. The normalized spacial score (nSPS) is 13.7. The standard InChI is InChI=1S/C21H26N4O4/c1-13(24-21(29)17(22)11-15-7-9-16(26)10-8-15)20(28)25-18(19(23)27)12-14-5-3-2-4-6-14/h2-10,13,17-18,26H,11-12,22H2,1H3,(H2,23,27)(H,24,29)(H,25,28)/t13-,17+,18+/m1/s1. The van der Waals surface area contributed by atoms with E-state index in [0.29, 0.717) is 0 Å². The van der Waals surface area contributed by atoms with Crippen molar-refractivity contribution in [2.45, 2.75) is 37.9 Å². The molecule has 0 aliphatic carbocycles. The third kappa shape index (κ3) is 6.93. The number of primary amides is 1. The first-order valence-electron chi connectivity index (χ1n) is 9.23. The van der Waals surface area contributed by atoms with Gasteiger partial charge in [-0.25, -0.2) is 0 Å². The zero-order valence-electron chi connectivity index (χ0n) is 16.2. The van der Waals surface area contributed by atoms with Gasteiger partial charge in [0.25, 0.3) is 0 Å². The summed E-state index contributed by atoms with van der Waals surface area (Å²) in [5.41, 5.74) is 12.9. The van der Waals surface area contributed by atoms with Gasteiger partial charge in [-0.1, -0.05) is 42.5 Å². The van der Waals surface area contributed by atoms with Crippen LogP contribution >= 0.6 is 0 Å². The lowest BCUT2D eigenvalue weighted by molar-refractivity contribution is -0.131.